The van der Waals surface area contributed by atoms with Gasteiger partial charge in [-0.25, -0.2) is 4.39 Å². The fraction of sp³-hybridized carbons (Fsp3) is 0.696. The lowest BCUT2D eigenvalue weighted by Crippen LogP contribution is -2.42. The Bertz CT molecular complexity index is 637. The first-order chi connectivity index (χ1) is 13.6. The number of hydrogen-bond donors (Lipinski definition) is 2. The Morgan fingerprint density at radius 1 is 1.18 bits per heavy atom. The lowest BCUT2D eigenvalue weighted by molar-refractivity contribution is -0.120. The van der Waals surface area contributed by atoms with Crippen molar-refractivity contribution in [2.45, 2.75) is 82.7 Å². The Morgan fingerprint density at radius 2 is 1.89 bits per heavy atom. The molecule has 1 unspecified atom stereocenters. The summed E-state index contributed by atoms with van der Waals surface area (Å²) in [5.74, 6) is 0.272. The monoisotopic (exact) mass is 389 g/mol. The molecule has 0 radical (unpaired) electrons. The minimum atomic E-state index is -0.0976. The number of anilines is 1. The summed E-state index contributed by atoms with van der Waals surface area (Å²) in [5.41, 5.74) is 1.66. The van der Waals surface area contributed by atoms with E-state index in [9.17, 15) is 9.18 Å². The van der Waals surface area contributed by atoms with Crippen LogP contribution >= 0.6 is 0 Å². The van der Waals surface area contributed by atoms with Gasteiger partial charge < -0.3 is 15.5 Å². The lowest BCUT2D eigenvalue weighted by atomic mass is 9.86. The first kappa shape index (κ1) is 21.1. The van der Waals surface area contributed by atoms with E-state index < -0.39 is 0 Å². The van der Waals surface area contributed by atoms with E-state index in [1.165, 1.54) is 32.1 Å². The van der Waals surface area contributed by atoms with Crippen molar-refractivity contribution in [3.05, 3.63) is 29.6 Å². The van der Waals surface area contributed by atoms with E-state index in [0.717, 1.165) is 49.6 Å². The third-order valence-electron chi connectivity index (χ3n) is 6.56. The topological polar surface area (TPSA) is 44.4 Å². The molecule has 1 heterocycles. The van der Waals surface area contributed by atoms with E-state index in [0.29, 0.717) is 12.3 Å². The van der Waals surface area contributed by atoms with Crippen LogP contribution in [0.4, 0.5) is 10.1 Å². The predicted octanol–water partition coefficient (Wildman–Crippen LogP) is 4.66. The van der Waals surface area contributed by atoms with Crippen molar-refractivity contribution in [1.82, 2.24) is 10.2 Å². The molecule has 0 bridgehead atoms. The van der Waals surface area contributed by atoms with Gasteiger partial charge in [0.1, 0.15) is 5.82 Å². The molecule has 1 atom stereocenters. The maximum Gasteiger partial charge on any atom is 0.219 e. The van der Waals surface area contributed by atoms with Gasteiger partial charge >= 0.3 is 0 Å². The van der Waals surface area contributed by atoms with Crippen molar-refractivity contribution in [2.75, 3.05) is 25.5 Å². The molecule has 2 N–H and O–H groups in total. The Labute approximate surface area is 169 Å². The van der Waals surface area contributed by atoms with Gasteiger partial charge in [0.2, 0.25) is 5.91 Å². The first-order valence-corrected chi connectivity index (χ1v) is 11.1. The van der Waals surface area contributed by atoms with Crippen LogP contribution < -0.4 is 10.6 Å². The van der Waals surface area contributed by atoms with Gasteiger partial charge in [-0.2, -0.15) is 0 Å². The van der Waals surface area contributed by atoms with Crippen molar-refractivity contribution in [3.63, 3.8) is 0 Å². The van der Waals surface area contributed by atoms with Gasteiger partial charge in [0.25, 0.3) is 0 Å². The molecule has 1 saturated heterocycles. The van der Waals surface area contributed by atoms with Crippen molar-refractivity contribution < 1.29 is 9.18 Å². The van der Waals surface area contributed by atoms with Crippen LogP contribution in [0, 0.1) is 5.82 Å². The highest BCUT2D eigenvalue weighted by Crippen LogP contribution is 2.34. The van der Waals surface area contributed by atoms with Gasteiger partial charge in [0.15, 0.2) is 0 Å². The lowest BCUT2D eigenvalue weighted by Gasteiger charge is -2.39. The van der Waals surface area contributed by atoms with Crippen LogP contribution in [0.1, 0.15) is 76.2 Å². The van der Waals surface area contributed by atoms with Crippen LogP contribution in [0.15, 0.2) is 18.2 Å². The highest BCUT2D eigenvalue weighted by Gasteiger charge is 2.28. The number of nitrogens with zero attached hydrogens (tertiary/aromatic N) is 1. The Kier molecular flexibility index (Phi) is 7.72. The number of amides is 1. The van der Waals surface area contributed by atoms with Crippen molar-refractivity contribution in [3.8, 4) is 0 Å². The minimum absolute atomic E-state index is 0.0368. The summed E-state index contributed by atoms with van der Waals surface area (Å²) in [7, 11) is 1.65. The second kappa shape index (κ2) is 10.2. The number of rotatable bonds is 7. The quantitative estimate of drug-likeness (QED) is 0.713. The number of nitrogens with one attached hydrogen (secondary N) is 2. The van der Waals surface area contributed by atoms with Crippen LogP contribution in [-0.4, -0.2) is 43.0 Å². The number of hydrogen-bond acceptors (Lipinski definition) is 3. The van der Waals surface area contributed by atoms with E-state index in [-0.39, 0.29) is 17.8 Å². The molecule has 156 valence electrons. The Morgan fingerprint density at radius 3 is 2.54 bits per heavy atom. The zero-order chi connectivity index (χ0) is 19.9. The molecule has 1 amide bonds. The van der Waals surface area contributed by atoms with Gasteiger partial charge in [-0.05, 0) is 75.7 Å². The highest BCUT2D eigenvalue weighted by atomic mass is 19.1. The molecule has 1 aliphatic heterocycles. The zero-order valence-corrected chi connectivity index (χ0v) is 17.5. The molecule has 0 spiro atoms. The molecule has 1 aromatic rings. The second-order valence-corrected chi connectivity index (χ2v) is 8.60. The third-order valence-corrected chi connectivity index (χ3v) is 6.56. The minimum Gasteiger partial charge on any atom is -0.382 e. The number of carbonyl (C=O) groups excluding carboxylic acids is 1. The normalized spacial score (nSPS) is 20.7. The first-order valence-electron chi connectivity index (χ1n) is 11.1. The van der Waals surface area contributed by atoms with Crippen molar-refractivity contribution in [2.24, 2.45) is 0 Å². The Balaban J connectivity index is 1.51. The van der Waals surface area contributed by atoms with Crippen LogP contribution in [0.25, 0.3) is 0 Å². The molecular weight excluding hydrogens is 353 g/mol. The number of halogens is 1. The Hall–Kier alpha value is -1.62. The standard InChI is InChI=1S/C23H36FN3O/c1-17(8-11-23(28)25-2)26-19-9-10-21(22(24)16-19)18-12-14-27(15-13-18)20-6-4-3-5-7-20/h9-10,16-18,20,26H,3-8,11-15H2,1-2H3,(H,25,28). The molecule has 1 saturated carbocycles. The molecule has 2 fully saturated rings. The number of likely N-dealkylation sites (tertiary alicyclic amines) is 1. The van der Waals surface area contributed by atoms with E-state index in [4.69, 9.17) is 0 Å². The van der Waals surface area contributed by atoms with Gasteiger partial charge in [-0.15, -0.1) is 0 Å². The molecule has 2 aliphatic rings. The number of benzene rings is 1. The second-order valence-electron chi connectivity index (χ2n) is 8.60. The summed E-state index contributed by atoms with van der Waals surface area (Å²) in [4.78, 5) is 14.0. The van der Waals surface area contributed by atoms with Crippen molar-refractivity contribution in [1.29, 1.82) is 0 Å². The van der Waals surface area contributed by atoms with E-state index >= 15 is 0 Å². The third kappa shape index (κ3) is 5.69. The molecule has 4 nitrogen and oxygen atoms in total. The zero-order valence-electron chi connectivity index (χ0n) is 17.5. The SMILES string of the molecule is CNC(=O)CCC(C)Nc1ccc(C2CCN(C3CCCCC3)CC2)c(F)c1. The average Bonchev–Trinajstić information content (AvgIpc) is 2.73. The highest BCUT2D eigenvalue weighted by molar-refractivity contribution is 5.75. The fourth-order valence-corrected chi connectivity index (χ4v) is 4.80. The summed E-state index contributed by atoms with van der Waals surface area (Å²) < 4.78 is 14.8. The largest absolute Gasteiger partial charge is 0.382 e. The van der Waals surface area contributed by atoms with Crippen molar-refractivity contribution >= 4 is 11.6 Å². The van der Waals surface area contributed by atoms with Gasteiger partial charge in [-0.1, -0.05) is 25.3 Å². The van der Waals surface area contributed by atoms with Gasteiger partial charge in [-0.3, -0.25) is 4.79 Å². The van der Waals surface area contributed by atoms with Crippen LogP contribution in [-0.2, 0) is 4.79 Å². The summed E-state index contributed by atoms with van der Waals surface area (Å²) in [5, 5.41) is 5.94. The van der Waals surface area contributed by atoms with E-state index in [1.807, 2.05) is 19.1 Å². The fourth-order valence-electron chi connectivity index (χ4n) is 4.80. The van der Waals surface area contributed by atoms with Crippen LogP contribution in [0.2, 0.25) is 0 Å². The molecule has 1 aliphatic carbocycles. The smallest absolute Gasteiger partial charge is 0.219 e. The molecule has 1 aromatic carbocycles. The average molecular weight is 390 g/mol. The number of carbonyl (C=O) groups is 1. The van der Waals surface area contributed by atoms with Gasteiger partial charge in [0.05, 0.1) is 0 Å². The van der Waals surface area contributed by atoms with Crippen LogP contribution in [0.3, 0.4) is 0 Å². The maximum atomic E-state index is 14.8. The maximum absolute atomic E-state index is 14.8. The van der Waals surface area contributed by atoms with Gasteiger partial charge in [0, 0.05) is 31.2 Å². The summed E-state index contributed by atoms with van der Waals surface area (Å²) in [6.45, 7) is 4.23. The molecule has 5 heteroatoms. The van der Waals surface area contributed by atoms with E-state index in [1.54, 1.807) is 13.1 Å². The molecule has 3 rings (SSSR count). The summed E-state index contributed by atoms with van der Waals surface area (Å²) in [6, 6.07) is 6.47. The van der Waals surface area contributed by atoms with Crippen LogP contribution in [0.5, 0.6) is 0 Å². The summed E-state index contributed by atoms with van der Waals surface area (Å²) >= 11 is 0. The molecular formula is C23H36FN3O. The molecule has 28 heavy (non-hydrogen) atoms. The number of piperidine rings is 1. The summed E-state index contributed by atoms with van der Waals surface area (Å²) in [6.07, 6.45) is 10.1. The van der Waals surface area contributed by atoms with E-state index in [2.05, 4.69) is 15.5 Å². The molecule has 0 aromatic heterocycles. The predicted molar refractivity (Wildman–Crippen MR) is 113 cm³/mol.